The summed E-state index contributed by atoms with van der Waals surface area (Å²) < 4.78 is 0. The number of hydrogen-bond acceptors (Lipinski definition) is 3. The second-order valence-corrected chi connectivity index (χ2v) is 7.71. The number of carbonyl (C=O) groups excluding carboxylic acids is 2. The Hall–Kier alpha value is -1.49. The first-order valence-corrected chi connectivity index (χ1v) is 9.19. The van der Waals surface area contributed by atoms with Gasteiger partial charge in [-0.1, -0.05) is 31.5 Å². The van der Waals surface area contributed by atoms with Gasteiger partial charge in [-0.2, -0.15) is 0 Å². The van der Waals surface area contributed by atoms with Crippen LogP contribution >= 0.6 is 11.8 Å². The van der Waals surface area contributed by atoms with E-state index in [9.17, 15) is 9.59 Å². The van der Waals surface area contributed by atoms with E-state index in [1.807, 2.05) is 4.90 Å². The number of hydrogen-bond donors (Lipinski definition) is 1. The third kappa shape index (κ3) is 5.57. The molecular formula is C18H26N2O2S. The van der Waals surface area contributed by atoms with E-state index in [1.54, 1.807) is 11.8 Å². The highest BCUT2D eigenvalue weighted by Gasteiger charge is 2.34. The van der Waals surface area contributed by atoms with Crippen LogP contribution in [0.2, 0.25) is 0 Å². The van der Waals surface area contributed by atoms with Crippen LogP contribution in [0.3, 0.4) is 0 Å². The molecule has 0 radical (unpaired) electrons. The minimum atomic E-state index is -0.189. The Morgan fingerprint density at radius 2 is 2.04 bits per heavy atom. The van der Waals surface area contributed by atoms with Gasteiger partial charge in [0.25, 0.3) is 0 Å². The number of rotatable bonds is 7. The molecule has 1 aromatic rings. The molecule has 1 fully saturated rings. The lowest BCUT2D eigenvalue weighted by Crippen LogP contribution is -2.35. The van der Waals surface area contributed by atoms with E-state index in [0.717, 1.165) is 12.3 Å². The molecule has 23 heavy (non-hydrogen) atoms. The quantitative estimate of drug-likeness (QED) is 0.616. The van der Waals surface area contributed by atoms with Gasteiger partial charge >= 0.3 is 0 Å². The zero-order chi connectivity index (χ0) is 16.8. The number of amides is 2. The summed E-state index contributed by atoms with van der Waals surface area (Å²) in [5, 5.41) is 2.96. The van der Waals surface area contributed by atoms with Crippen molar-refractivity contribution in [3.8, 4) is 0 Å². The number of thioether (sulfide) groups is 1. The first-order valence-electron chi connectivity index (χ1n) is 8.20. The van der Waals surface area contributed by atoms with Gasteiger partial charge in [-0.3, -0.25) is 9.59 Å². The molecule has 1 aliphatic rings. The highest BCUT2D eigenvalue weighted by Crippen LogP contribution is 2.20. The van der Waals surface area contributed by atoms with Gasteiger partial charge in [0.15, 0.2) is 0 Å². The van der Waals surface area contributed by atoms with Gasteiger partial charge in [0.2, 0.25) is 11.8 Å². The van der Waals surface area contributed by atoms with Crippen molar-refractivity contribution in [1.29, 1.82) is 0 Å². The minimum absolute atomic E-state index is 0.00844. The van der Waals surface area contributed by atoms with Crippen molar-refractivity contribution < 1.29 is 9.59 Å². The van der Waals surface area contributed by atoms with Gasteiger partial charge in [0.1, 0.15) is 0 Å². The Bertz CT molecular complexity index is 542. The number of likely N-dealkylation sites (tertiary alicyclic amines) is 1. The second kappa shape index (κ2) is 8.39. The van der Waals surface area contributed by atoms with Crippen LogP contribution in [0.4, 0.5) is 0 Å². The first kappa shape index (κ1) is 17.9. The summed E-state index contributed by atoms with van der Waals surface area (Å²) in [6, 6.07) is 8.38. The standard InChI is InChI=1S/C18H26N2O2S/c1-13(2)11-20-12-15(10-17(20)21)18(22)19-8-9-23-16-6-4-14(3)5-7-16/h4-7,13,15H,8-12H2,1-3H3,(H,19,22)/t15-/m0/s1. The van der Waals surface area contributed by atoms with Crippen LogP contribution in [0.1, 0.15) is 25.8 Å². The van der Waals surface area contributed by atoms with E-state index in [-0.39, 0.29) is 17.7 Å². The van der Waals surface area contributed by atoms with E-state index in [0.29, 0.717) is 25.4 Å². The molecule has 4 nitrogen and oxygen atoms in total. The predicted molar refractivity (Wildman–Crippen MR) is 94.4 cm³/mol. The molecule has 0 bridgehead atoms. The normalized spacial score (nSPS) is 17.8. The van der Waals surface area contributed by atoms with Crippen molar-refractivity contribution in [2.24, 2.45) is 11.8 Å². The molecule has 2 rings (SSSR count). The van der Waals surface area contributed by atoms with Crippen molar-refractivity contribution in [1.82, 2.24) is 10.2 Å². The maximum atomic E-state index is 12.2. The average Bonchev–Trinajstić information content (AvgIpc) is 2.86. The third-order valence-electron chi connectivity index (χ3n) is 3.86. The van der Waals surface area contributed by atoms with Crippen molar-refractivity contribution in [3.63, 3.8) is 0 Å². The molecule has 0 aliphatic carbocycles. The Morgan fingerprint density at radius 3 is 2.70 bits per heavy atom. The molecule has 1 saturated heterocycles. The fourth-order valence-corrected chi connectivity index (χ4v) is 3.46. The molecule has 0 saturated carbocycles. The molecule has 5 heteroatoms. The topological polar surface area (TPSA) is 49.4 Å². The maximum absolute atomic E-state index is 12.2. The fraction of sp³-hybridized carbons (Fsp3) is 0.556. The highest BCUT2D eigenvalue weighted by molar-refractivity contribution is 7.99. The summed E-state index contributed by atoms with van der Waals surface area (Å²) in [6.45, 7) is 8.18. The van der Waals surface area contributed by atoms with Gasteiger partial charge in [-0.15, -0.1) is 11.8 Å². The second-order valence-electron chi connectivity index (χ2n) is 6.55. The molecule has 0 aromatic heterocycles. The zero-order valence-electron chi connectivity index (χ0n) is 14.2. The molecular weight excluding hydrogens is 308 g/mol. The van der Waals surface area contributed by atoms with Crippen LogP contribution < -0.4 is 5.32 Å². The van der Waals surface area contributed by atoms with Gasteiger partial charge in [0, 0.05) is 36.7 Å². The van der Waals surface area contributed by atoms with Crippen molar-refractivity contribution in [2.75, 3.05) is 25.4 Å². The van der Waals surface area contributed by atoms with Crippen LogP contribution in [-0.4, -0.2) is 42.1 Å². The van der Waals surface area contributed by atoms with Gasteiger partial charge < -0.3 is 10.2 Å². The molecule has 2 amide bonds. The molecule has 1 N–H and O–H groups in total. The van der Waals surface area contributed by atoms with Crippen molar-refractivity contribution in [2.45, 2.75) is 32.1 Å². The highest BCUT2D eigenvalue weighted by atomic mass is 32.2. The van der Waals surface area contributed by atoms with E-state index in [2.05, 4.69) is 50.4 Å². The summed E-state index contributed by atoms with van der Waals surface area (Å²) in [5.74, 6) is 1.20. The van der Waals surface area contributed by atoms with Gasteiger partial charge in [-0.25, -0.2) is 0 Å². The summed E-state index contributed by atoms with van der Waals surface area (Å²) >= 11 is 1.73. The Kier molecular flexibility index (Phi) is 6.51. The number of aryl methyl sites for hydroxylation is 1. The van der Waals surface area contributed by atoms with Crippen LogP contribution in [0.25, 0.3) is 0 Å². The monoisotopic (exact) mass is 334 g/mol. The van der Waals surface area contributed by atoms with Crippen LogP contribution in [-0.2, 0) is 9.59 Å². The molecule has 1 aromatic carbocycles. The molecule has 0 unspecified atom stereocenters. The van der Waals surface area contributed by atoms with E-state index in [4.69, 9.17) is 0 Å². The molecule has 126 valence electrons. The van der Waals surface area contributed by atoms with Crippen molar-refractivity contribution >= 4 is 23.6 Å². The SMILES string of the molecule is Cc1ccc(SCCNC(=O)[C@H]2CC(=O)N(CC(C)C)C2)cc1. The maximum Gasteiger partial charge on any atom is 0.225 e. The lowest BCUT2D eigenvalue weighted by molar-refractivity contribution is -0.129. The number of nitrogens with one attached hydrogen (secondary N) is 1. The molecule has 1 atom stereocenters. The minimum Gasteiger partial charge on any atom is -0.355 e. The largest absolute Gasteiger partial charge is 0.355 e. The average molecular weight is 334 g/mol. The number of carbonyl (C=O) groups is 2. The van der Waals surface area contributed by atoms with Crippen LogP contribution in [0.15, 0.2) is 29.2 Å². The third-order valence-corrected chi connectivity index (χ3v) is 4.88. The summed E-state index contributed by atoms with van der Waals surface area (Å²) in [7, 11) is 0. The summed E-state index contributed by atoms with van der Waals surface area (Å²) in [4.78, 5) is 27.1. The van der Waals surface area contributed by atoms with E-state index in [1.165, 1.54) is 10.5 Å². The van der Waals surface area contributed by atoms with Gasteiger partial charge in [0.05, 0.1) is 5.92 Å². The molecule has 1 aliphatic heterocycles. The van der Waals surface area contributed by atoms with Crippen LogP contribution in [0, 0.1) is 18.8 Å². The summed E-state index contributed by atoms with van der Waals surface area (Å²) in [5.41, 5.74) is 1.25. The Labute approximate surface area is 143 Å². The molecule has 0 spiro atoms. The number of nitrogens with zero attached hydrogens (tertiary/aromatic N) is 1. The van der Waals surface area contributed by atoms with Crippen molar-refractivity contribution in [3.05, 3.63) is 29.8 Å². The summed E-state index contributed by atoms with van der Waals surface area (Å²) in [6.07, 6.45) is 0.351. The van der Waals surface area contributed by atoms with E-state index < -0.39 is 0 Å². The fourth-order valence-electron chi connectivity index (χ4n) is 2.69. The lowest BCUT2D eigenvalue weighted by Gasteiger charge is -2.18. The predicted octanol–water partition coefficient (Wildman–Crippen LogP) is 2.71. The zero-order valence-corrected chi connectivity index (χ0v) is 15.0. The van der Waals surface area contributed by atoms with Gasteiger partial charge in [-0.05, 0) is 25.0 Å². The smallest absolute Gasteiger partial charge is 0.225 e. The molecule has 1 heterocycles. The Balaban J connectivity index is 1.69. The Morgan fingerprint density at radius 1 is 1.35 bits per heavy atom. The number of benzene rings is 1. The van der Waals surface area contributed by atoms with E-state index >= 15 is 0 Å². The lowest BCUT2D eigenvalue weighted by atomic mass is 10.1. The van der Waals surface area contributed by atoms with Crippen LogP contribution in [0.5, 0.6) is 0 Å². The first-order chi connectivity index (χ1) is 11.0.